The molecule has 0 saturated heterocycles. The summed E-state index contributed by atoms with van der Waals surface area (Å²) in [6.07, 6.45) is 16.2. The number of nitrogens with zero attached hydrogens (tertiary/aromatic N) is 1. The van der Waals surface area contributed by atoms with Gasteiger partial charge in [-0.1, -0.05) is 85.0 Å². The summed E-state index contributed by atoms with van der Waals surface area (Å²) in [5, 5.41) is 0. The van der Waals surface area contributed by atoms with Gasteiger partial charge in [-0.05, 0) is 18.8 Å². The largest absolute Gasteiger partial charge is 0.291 e. The highest BCUT2D eigenvalue weighted by atomic mass is 15.0. The highest BCUT2D eigenvalue weighted by Gasteiger charge is 2.22. The molecule has 0 rings (SSSR count). The zero-order valence-electron chi connectivity index (χ0n) is 16.2. The van der Waals surface area contributed by atoms with E-state index in [4.69, 9.17) is 5.73 Å². The summed E-state index contributed by atoms with van der Waals surface area (Å²) in [5.41, 5.74) is 6.40. The van der Waals surface area contributed by atoms with E-state index in [1.165, 1.54) is 77.0 Å². The van der Waals surface area contributed by atoms with Crippen LogP contribution in [0.2, 0.25) is 0 Å². The molecule has 2 heteroatoms. The summed E-state index contributed by atoms with van der Waals surface area (Å²) < 4.78 is 2.13. The van der Waals surface area contributed by atoms with E-state index < -0.39 is 0 Å². The number of unbranched alkanes of at least 4 members (excludes halogenated alkanes) is 6. The topological polar surface area (TPSA) is 29.0 Å². The van der Waals surface area contributed by atoms with Crippen LogP contribution in [0.5, 0.6) is 0 Å². The van der Waals surface area contributed by atoms with Gasteiger partial charge in [0.15, 0.2) is 0 Å². The molecule has 2 N–H and O–H groups in total. The molecule has 0 amide bonds. The van der Waals surface area contributed by atoms with Crippen molar-refractivity contribution in [3.63, 3.8) is 0 Å². The maximum absolute atomic E-state index is 6.40. The maximum Gasteiger partial charge on any atom is 0.245 e. The predicted octanol–water partition coefficient (Wildman–Crippen LogP) is 5.59. The number of hydrogen-bond donors (Lipinski definition) is 1. The van der Waals surface area contributed by atoms with Gasteiger partial charge in [0, 0.05) is 0 Å². The summed E-state index contributed by atoms with van der Waals surface area (Å²) in [4.78, 5) is 0. The molecule has 0 aliphatic heterocycles. The van der Waals surface area contributed by atoms with Crippen molar-refractivity contribution in [2.45, 2.75) is 97.8 Å². The zero-order valence-corrected chi connectivity index (χ0v) is 16.2. The summed E-state index contributed by atoms with van der Waals surface area (Å²) in [6.45, 7) is 6.92. The van der Waals surface area contributed by atoms with Crippen LogP contribution in [0.4, 0.5) is 0 Å². The Balaban J connectivity index is 4.35. The van der Waals surface area contributed by atoms with Gasteiger partial charge < -0.3 is 0 Å². The van der Waals surface area contributed by atoms with E-state index in [1.54, 1.807) is 0 Å². The van der Waals surface area contributed by atoms with Crippen molar-refractivity contribution in [3.05, 3.63) is 0 Å². The molecule has 2 nitrogen and oxygen atoms in total. The maximum atomic E-state index is 6.40. The lowest BCUT2D eigenvalue weighted by Crippen LogP contribution is -2.33. The van der Waals surface area contributed by atoms with E-state index in [1.807, 2.05) is 0 Å². The van der Waals surface area contributed by atoms with Crippen LogP contribution in [0.15, 0.2) is 0 Å². The van der Waals surface area contributed by atoms with Crippen molar-refractivity contribution >= 4 is 5.84 Å². The third-order valence-corrected chi connectivity index (χ3v) is 5.00. The van der Waals surface area contributed by atoms with Crippen LogP contribution in [0.25, 0.3) is 0 Å². The van der Waals surface area contributed by atoms with Gasteiger partial charge in [-0.2, -0.15) is 0 Å². The smallest absolute Gasteiger partial charge is 0.245 e. The molecule has 22 heavy (non-hydrogen) atoms. The molecule has 0 aromatic heterocycles. The highest BCUT2D eigenvalue weighted by Crippen LogP contribution is 2.25. The number of hydrogen-bond acceptors (Lipinski definition) is 0. The Labute approximate surface area is 140 Å². The second-order valence-electron chi connectivity index (χ2n) is 7.22. The van der Waals surface area contributed by atoms with Crippen molar-refractivity contribution in [2.75, 3.05) is 14.1 Å². The molecule has 0 aliphatic rings. The Morgan fingerprint density at radius 2 is 1.41 bits per heavy atom. The predicted molar refractivity (Wildman–Crippen MR) is 101 cm³/mol. The van der Waals surface area contributed by atoms with Crippen molar-refractivity contribution in [3.8, 4) is 0 Å². The first-order chi connectivity index (χ1) is 10.6. The first kappa shape index (κ1) is 21.5. The lowest BCUT2D eigenvalue weighted by molar-refractivity contribution is -0.468. The van der Waals surface area contributed by atoms with E-state index in [0.717, 1.165) is 11.8 Å². The van der Waals surface area contributed by atoms with Gasteiger partial charge in [-0.15, -0.1) is 0 Å². The Morgan fingerprint density at radius 1 is 0.818 bits per heavy atom. The molecule has 0 bridgehead atoms. The van der Waals surface area contributed by atoms with Gasteiger partial charge in [0.25, 0.3) is 0 Å². The first-order valence-corrected chi connectivity index (χ1v) is 9.86. The number of rotatable bonds is 14. The average molecular weight is 312 g/mol. The summed E-state index contributed by atoms with van der Waals surface area (Å²) in [5.74, 6) is 2.54. The van der Waals surface area contributed by atoms with Crippen LogP contribution < -0.4 is 5.73 Å². The van der Waals surface area contributed by atoms with Crippen molar-refractivity contribution < 1.29 is 4.58 Å². The van der Waals surface area contributed by atoms with Crippen LogP contribution in [0.1, 0.15) is 97.8 Å². The zero-order chi connectivity index (χ0) is 16.8. The minimum Gasteiger partial charge on any atom is -0.291 e. The lowest BCUT2D eigenvalue weighted by Gasteiger charge is -2.21. The normalized spacial score (nSPS) is 13.9. The monoisotopic (exact) mass is 311 g/mol. The van der Waals surface area contributed by atoms with E-state index in [2.05, 4.69) is 39.4 Å². The van der Waals surface area contributed by atoms with Crippen LogP contribution in [-0.4, -0.2) is 24.5 Å². The van der Waals surface area contributed by atoms with Gasteiger partial charge >= 0.3 is 0 Å². The fraction of sp³-hybridized carbons (Fsp3) is 0.950. The molecular weight excluding hydrogens is 268 g/mol. The molecule has 0 aromatic rings. The van der Waals surface area contributed by atoms with E-state index >= 15 is 0 Å². The Hall–Kier alpha value is -0.530. The van der Waals surface area contributed by atoms with Crippen LogP contribution in [-0.2, 0) is 0 Å². The second-order valence-corrected chi connectivity index (χ2v) is 7.22. The quantitative estimate of drug-likeness (QED) is 0.193. The SMILES string of the molecule is CCCCCCCCC(CC(CC)CCCC)C(N)=[N+](C)C. The Morgan fingerprint density at radius 3 is 1.95 bits per heavy atom. The third-order valence-electron chi connectivity index (χ3n) is 5.00. The molecule has 0 aliphatic carbocycles. The molecule has 0 fully saturated rings. The van der Waals surface area contributed by atoms with E-state index in [0.29, 0.717) is 5.92 Å². The second kappa shape index (κ2) is 14.1. The fourth-order valence-electron chi connectivity index (χ4n) is 3.31. The molecule has 2 atom stereocenters. The van der Waals surface area contributed by atoms with Crippen molar-refractivity contribution in [2.24, 2.45) is 17.6 Å². The lowest BCUT2D eigenvalue weighted by atomic mass is 9.85. The molecule has 2 unspecified atom stereocenters. The van der Waals surface area contributed by atoms with Gasteiger partial charge in [0.05, 0.1) is 20.0 Å². The van der Waals surface area contributed by atoms with E-state index in [9.17, 15) is 0 Å². The molecule has 0 spiro atoms. The van der Waals surface area contributed by atoms with Crippen molar-refractivity contribution in [1.82, 2.24) is 0 Å². The minimum absolute atomic E-state index is 0.586. The third kappa shape index (κ3) is 10.2. The summed E-state index contributed by atoms with van der Waals surface area (Å²) in [6, 6.07) is 0. The van der Waals surface area contributed by atoms with Crippen LogP contribution >= 0.6 is 0 Å². The van der Waals surface area contributed by atoms with Crippen molar-refractivity contribution in [1.29, 1.82) is 0 Å². The molecule has 0 heterocycles. The Bertz CT molecular complexity index is 279. The summed E-state index contributed by atoms with van der Waals surface area (Å²) >= 11 is 0. The first-order valence-electron chi connectivity index (χ1n) is 9.86. The molecule has 0 saturated carbocycles. The summed E-state index contributed by atoms with van der Waals surface area (Å²) in [7, 11) is 4.19. The number of amidine groups is 1. The number of nitrogens with two attached hydrogens (primary N) is 1. The minimum atomic E-state index is 0.586. The van der Waals surface area contributed by atoms with Crippen LogP contribution in [0, 0.1) is 11.8 Å². The average Bonchev–Trinajstić information content (AvgIpc) is 2.51. The molecule has 0 aromatic carbocycles. The standard InChI is InChI=1S/C20H42N2/c1-6-9-11-12-13-14-16-19(20(21)22(4)5)17-18(8-3)15-10-7-2/h18-19,21H,6-17H2,1-5H3/p+1. The Kier molecular flexibility index (Phi) is 13.7. The highest BCUT2D eigenvalue weighted by molar-refractivity contribution is 5.77. The molecular formula is C20H43N2+. The molecule has 132 valence electrons. The fourth-order valence-corrected chi connectivity index (χ4v) is 3.31. The van der Waals surface area contributed by atoms with Gasteiger partial charge in [-0.3, -0.25) is 10.3 Å². The van der Waals surface area contributed by atoms with Crippen LogP contribution in [0.3, 0.4) is 0 Å². The van der Waals surface area contributed by atoms with Gasteiger partial charge in [0.2, 0.25) is 5.84 Å². The van der Waals surface area contributed by atoms with E-state index in [-0.39, 0.29) is 0 Å². The van der Waals surface area contributed by atoms with Gasteiger partial charge in [-0.25, -0.2) is 0 Å². The van der Waals surface area contributed by atoms with Gasteiger partial charge in [0.1, 0.15) is 0 Å². The molecule has 0 radical (unpaired) electrons.